The number of hydrogen-bond donors (Lipinski definition) is 2. The smallest absolute Gasteiger partial charge is 0.0322 e. The van der Waals surface area contributed by atoms with Crippen molar-refractivity contribution in [1.29, 1.82) is 0 Å². The first-order valence-corrected chi connectivity index (χ1v) is 5.28. The van der Waals surface area contributed by atoms with Crippen molar-refractivity contribution in [2.24, 2.45) is 4.99 Å². The third-order valence-electron chi connectivity index (χ3n) is 1.08. The maximum atomic E-state index is 3.96. The van der Waals surface area contributed by atoms with Gasteiger partial charge in [0.2, 0.25) is 0 Å². The number of nitrogens with zero attached hydrogens (tertiary/aromatic N) is 1. The predicted octanol–water partition coefficient (Wildman–Crippen LogP) is 4.00. The van der Waals surface area contributed by atoms with Crippen molar-refractivity contribution in [3.63, 3.8) is 0 Å². The van der Waals surface area contributed by atoms with E-state index in [9.17, 15) is 0 Å². The maximum absolute atomic E-state index is 3.96. The van der Waals surface area contributed by atoms with E-state index in [2.05, 4.69) is 37.0 Å². The van der Waals surface area contributed by atoms with Crippen molar-refractivity contribution >= 4 is 32.0 Å². The van der Waals surface area contributed by atoms with Gasteiger partial charge in [-0.2, -0.15) is 12.6 Å². The van der Waals surface area contributed by atoms with Crippen molar-refractivity contribution in [2.45, 2.75) is 27.7 Å². The molecule has 0 spiro atoms. The highest BCUT2D eigenvalue weighted by atomic mass is 32.1. The third-order valence-corrected chi connectivity index (χ3v) is 1.34. The molecule has 3 heteroatoms. The predicted molar refractivity (Wildman–Crippen MR) is 72.3 cm³/mol. The molecule has 0 rings (SSSR count). The summed E-state index contributed by atoms with van der Waals surface area (Å²) in [6.07, 6.45) is 5.55. The molecule has 0 amide bonds. The average Bonchev–Trinajstić information content (AvgIpc) is 2.20. The number of hydrogen-bond acceptors (Lipinski definition) is 3. The number of allylic oxidation sites excluding steroid dienone is 4. The summed E-state index contributed by atoms with van der Waals surface area (Å²) in [6.45, 7) is 11.1. The minimum absolute atomic E-state index is 0.981. The van der Waals surface area contributed by atoms with E-state index in [0.717, 1.165) is 10.6 Å². The van der Waals surface area contributed by atoms with Crippen LogP contribution in [-0.2, 0) is 0 Å². The van der Waals surface area contributed by atoms with Gasteiger partial charge in [0.25, 0.3) is 0 Å². The average molecular weight is 219 g/mol. The number of rotatable bonds is 1. The van der Waals surface area contributed by atoms with Crippen LogP contribution in [0.15, 0.2) is 27.7 Å². The molecule has 0 bridgehead atoms. The summed E-state index contributed by atoms with van der Waals surface area (Å²) in [5.41, 5.74) is 0.981. The van der Waals surface area contributed by atoms with Gasteiger partial charge in [-0.05, 0) is 45.6 Å². The van der Waals surface area contributed by atoms with Crippen LogP contribution in [0.3, 0.4) is 0 Å². The van der Waals surface area contributed by atoms with Crippen LogP contribution in [0.2, 0.25) is 0 Å². The molecule has 0 aromatic carbocycles. The van der Waals surface area contributed by atoms with E-state index in [0.29, 0.717) is 0 Å². The lowest BCUT2D eigenvalue weighted by Crippen LogP contribution is -1.58. The van der Waals surface area contributed by atoms with E-state index >= 15 is 0 Å². The van der Waals surface area contributed by atoms with Gasteiger partial charge in [-0.15, -0.1) is 12.6 Å². The van der Waals surface area contributed by atoms with E-state index in [1.807, 2.05) is 39.8 Å². The van der Waals surface area contributed by atoms with Crippen LogP contribution in [-0.4, -0.2) is 13.0 Å². The number of thiol groups is 2. The fourth-order valence-electron chi connectivity index (χ4n) is 0.0913. The molecule has 0 aliphatic heterocycles. The Balaban J connectivity index is -0.000000131. The molecule has 0 aliphatic carbocycles. The van der Waals surface area contributed by atoms with Crippen LogP contribution in [0, 0.1) is 0 Å². The molecule has 0 saturated heterocycles. The van der Waals surface area contributed by atoms with E-state index in [1.54, 1.807) is 6.26 Å². The highest BCUT2D eigenvalue weighted by molar-refractivity contribution is 7.84. The zero-order valence-electron chi connectivity index (χ0n) is 9.20. The van der Waals surface area contributed by atoms with Crippen molar-refractivity contribution < 1.29 is 0 Å². The Morgan fingerprint density at radius 2 is 1.46 bits per heavy atom. The molecule has 0 aliphatic rings. The summed E-state index contributed by atoms with van der Waals surface area (Å²) in [6, 6.07) is 0. The first-order chi connectivity index (χ1) is 6.08. The van der Waals surface area contributed by atoms with Crippen molar-refractivity contribution in [3.8, 4) is 0 Å². The van der Waals surface area contributed by atoms with Crippen LogP contribution < -0.4 is 0 Å². The third kappa shape index (κ3) is 33.6. The molecule has 78 valence electrons. The fraction of sp³-hybridized carbons (Fsp3) is 0.500. The highest BCUT2D eigenvalue weighted by Crippen LogP contribution is 1.92. The Morgan fingerprint density at radius 1 is 1.15 bits per heavy atom. The normalized spacial score (nSPS) is 10.4. The second-order valence-electron chi connectivity index (χ2n) is 2.02. The van der Waals surface area contributed by atoms with E-state index in [4.69, 9.17) is 0 Å². The lowest BCUT2D eigenvalue weighted by molar-refractivity contribution is 1.30. The second-order valence-corrected chi connectivity index (χ2v) is 2.72. The molecule has 0 atom stereocenters. The first-order valence-electron chi connectivity index (χ1n) is 3.94. The van der Waals surface area contributed by atoms with Crippen molar-refractivity contribution in [3.05, 3.63) is 22.8 Å². The summed E-state index contributed by atoms with van der Waals surface area (Å²) < 4.78 is 0. The lowest BCUT2D eigenvalue weighted by atomic mass is 10.5. The highest BCUT2D eigenvalue weighted by Gasteiger charge is 1.67. The summed E-state index contributed by atoms with van der Waals surface area (Å²) in [4.78, 5) is 4.69. The van der Waals surface area contributed by atoms with Gasteiger partial charge in [0.15, 0.2) is 0 Å². The minimum Gasteiger partial charge on any atom is -0.270 e. The van der Waals surface area contributed by atoms with Gasteiger partial charge in [-0.1, -0.05) is 12.2 Å². The van der Waals surface area contributed by atoms with Crippen molar-refractivity contribution in [1.82, 2.24) is 0 Å². The lowest BCUT2D eigenvalue weighted by Gasteiger charge is -1.78. The van der Waals surface area contributed by atoms with Gasteiger partial charge < -0.3 is 0 Å². The van der Waals surface area contributed by atoms with Crippen LogP contribution in [0.4, 0.5) is 0 Å². The van der Waals surface area contributed by atoms with E-state index in [1.165, 1.54) is 0 Å². The van der Waals surface area contributed by atoms with Crippen LogP contribution >= 0.6 is 25.3 Å². The summed E-state index contributed by atoms with van der Waals surface area (Å²) >= 11 is 7.49. The molecule has 0 heterocycles. The molecule has 0 N–H and O–H groups in total. The van der Waals surface area contributed by atoms with Crippen LogP contribution in [0.25, 0.3) is 0 Å². The van der Waals surface area contributed by atoms with Gasteiger partial charge in [0.1, 0.15) is 0 Å². The summed E-state index contributed by atoms with van der Waals surface area (Å²) in [5, 5.41) is 0. The Labute approximate surface area is 93.9 Å². The Kier molecular flexibility index (Phi) is 25.5. The molecule has 1 nitrogen and oxygen atoms in total. The van der Waals surface area contributed by atoms with Gasteiger partial charge in [-0.3, -0.25) is 4.99 Å². The topological polar surface area (TPSA) is 12.4 Å². The Hall–Kier alpha value is -0.150. The monoisotopic (exact) mass is 219 g/mol. The molecule has 0 fully saturated rings. The maximum Gasteiger partial charge on any atom is 0.0322 e. The van der Waals surface area contributed by atoms with Crippen LogP contribution in [0.1, 0.15) is 27.7 Å². The zero-order valence-corrected chi connectivity index (χ0v) is 11.0. The fourth-order valence-corrected chi connectivity index (χ4v) is 0.0913. The molecule has 13 heavy (non-hydrogen) atoms. The first kappa shape index (κ1) is 18.6. The number of aliphatic imine (C=N–C) groups is 1. The molecular weight excluding hydrogens is 198 g/mol. The summed E-state index contributed by atoms with van der Waals surface area (Å²) in [5.74, 6) is 0. The van der Waals surface area contributed by atoms with Gasteiger partial charge in [0.05, 0.1) is 0 Å². The van der Waals surface area contributed by atoms with Gasteiger partial charge >= 0.3 is 0 Å². The summed E-state index contributed by atoms with van der Waals surface area (Å²) in [7, 11) is 0. The van der Waals surface area contributed by atoms with Crippen molar-refractivity contribution in [2.75, 3.05) is 6.26 Å². The second kappa shape index (κ2) is 17.8. The molecule has 0 aromatic heterocycles. The standard InChI is InChI=1S/C5H9N.C4H8S.CH4S/c1-4-5(2)6-3;1-3-4(2)5;1-2/h4H,3H2,1-2H3;3,5H,1-2H3;2H,1H3/b5-4-;4-3-;. The molecular formula is C10H21NS2. The van der Waals surface area contributed by atoms with Gasteiger partial charge in [-0.25, -0.2) is 0 Å². The Bertz CT molecular complexity index is 156. The largest absolute Gasteiger partial charge is 0.270 e. The van der Waals surface area contributed by atoms with Gasteiger partial charge in [0, 0.05) is 5.70 Å². The minimum atomic E-state index is 0.981. The Morgan fingerprint density at radius 3 is 1.46 bits per heavy atom. The van der Waals surface area contributed by atoms with Crippen LogP contribution in [0.5, 0.6) is 0 Å². The van der Waals surface area contributed by atoms with E-state index < -0.39 is 0 Å². The molecule has 0 radical (unpaired) electrons. The zero-order chi connectivity index (χ0) is 11.3. The SMILES string of the molecule is C/C=C(/C)S.C=N/C(C)=C\C.CS. The molecule has 0 aromatic rings. The molecule has 0 unspecified atom stereocenters. The van der Waals surface area contributed by atoms with E-state index in [-0.39, 0.29) is 0 Å². The molecule has 0 saturated carbocycles. The quantitative estimate of drug-likeness (QED) is 0.489.